The molecule has 0 N–H and O–H groups in total. The summed E-state index contributed by atoms with van der Waals surface area (Å²) in [5.74, 6) is 0.175. The first kappa shape index (κ1) is 16.7. The van der Waals surface area contributed by atoms with Crippen molar-refractivity contribution in [3.8, 4) is 0 Å². The third kappa shape index (κ3) is 5.71. The minimum atomic E-state index is -0.199. The molecule has 0 aromatic heterocycles. The van der Waals surface area contributed by atoms with E-state index in [0.29, 0.717) is 11.1 Å². The minimum absolute atomic E-state index is 0.0595. The van der Waals surface area contributed by atoms with Crippen LogP contribution in [0.5, 0.6) is 0 Å². The van der Waals surface area contributed by atoms with Crippen molar-refractivity contribution in [1.82, 2.24) is 0 Å². The number of carbonyl (C=O) groups excluding carboxylic acids is 4. The van der Waals surface area contributed by atoms with Gasteiger partial charge in [0.25, 0.3) is 0 Å². The Morgan fingerprint density at radius 2 is 1.05 bits per heavy atom. The lowest BCUT2D eigenvalue weighted by Gasteiger charge is -2.02. The Kier molecular flexibility index (Phi) is 6.67. The molecule has 0 bridgehead atoms. The molecule has 4 nitrogen and oxygen atoms in total. The van der Waals surface area contributed by atoms with Gasteiger partial charge in [0.15, 0.2) is 0 Å². The average molecular weight is 310 g/mol. The van der Waals surface area contributed by atoms with Gasteiger partial charge in [-0.25, -0.2) is 0 Å². The summed E-state index contributed by atoms with van der Waals surface area (Å²) in [6, 6.07) is 6.21. The topological polar surface area (TPSA) is 68.3 Å². The normalized spacial score (nSPS) is 10.1. The van der Waals surface area contributed by atoms with E-state index in [-0.39, 0.29) is 33.3 Å². The highest BCUT2D eigenvalue weighted by Crippen LogP contribution is 2.17. The highest BCUT2D eigenvalue weighted by atomic mass is 32.2. The number of ketones is 2. The number of thioether (sulfide) groups is 2. The lowest BCUT2D eigenvalue weighted by molar-refractivity contribution is -0.115. The van der Waals surface area contributed by atoms with Crippen molar-refractivity contribution in [2.24, 2.45) is 0 Å². The molecule has 0 fully saturated rings. The average Bonchev–Trinajstić information content (AvgIpc) is 2.42. The van der Waals surface area contributed by atoms with Crippen LogP contribution >= 0.6 is 23.5 Å². The van der Waals surface area contributed by atoms with Gasteiger partial charge in [0.2, 0.25) is 10.2 Å². The summed E-state index contributed by atoms with van der Waals surface area (Å²) in [7, 11) is 0. The van der Waals surface area contributed by atoms with E-state index >= 15 is 0 Å². The third-order valence-electron chi connectivity index (χ3n) is 2.17. The molecule has 0 spiro atoms. The molecule has 1 aromatic carbocycles. The first-order valence-corrected chi connectivity index (χ1v) is 7.80. The molecule has 0 amide bonds. The smallest absolute Gasteiger partial charge is 0.219 e. The SMILES string of the molecule is CC(=O)CSC(=O)c1ccc(C(=O)SCC(C)=O)cc1. The van der Waals surface area contributed by atoms with Crippen LogP contribution in [0.2, 0.25) is 0 Å². The highest BCUT2D eigenvalue weighted by molar-refractivity contribution is 8.14. The summed E-state index contributed by atoms with van der Waals surface area (Å²) in [4.78, 5) is 45.0. The largest absolute Gasteiger partial charge is 0.299 e. The van der Waals surface area contributed by atoms with Crippen LogP contribution in [0.3, 0.4) is 0 Å². The molecule has 106 valence electrons. The van der Waals surface area contributed by atoms with Gasteiger partial charge >= 0.3 is 0 Å². The molecular weight excluding hydrogens is 296 g/mol. The second-order valence-electron chi connectivity index (χ2n) is 4.13. The van der Waals surface area contributed by atoms with Crippen LogP contribution < -0.4 is 0 Å². The maximum atomic E-state index is 11.7. The molecule has 0 aliphatic carbocycles. The maximum absolute atomic E-state index is 11.7. The predicted molar refractivity (Wildman–Crippen MR) is 81.4 cm³/mol. The monoisotopic (exact) mass is 310 g/mol. The molecule has 0 aliphatic heterocycles. The van der Waals surface area contributed by atoms with Crippen LogP contribution in [0.4, 0.5) is 0 Å². The third-order valence-corrected chi connectivity index (χ3v) is 4.27. The molecule has 0 saturated heterocycles. The van der Waals surface area contributed by atoms with Crippen LogP contribution in [0, 0.1) is 0 Å². The highest BCUT2D eigenvalue weighted by Gasteiger charge is 2.11. The van der Waals surface area contributed by atoms with Crippen molar-refractivity contribution in [3.63, 3.8) is 0 Å². The van der Waals surface area contributed by atoms with Crippen molar-refractivity contribution >= 4 is 45.3 Å². The number of carbonyl (C=O) groups is 4. The molecule has 0 atom stereocenters. The zero-order valence-electron chi connectivity index (χ0n) is 11.2. The zero-order valence-corrected chi connectivity index (χ0v) is 12.8. The number of hydrogen-bond donors (Lipinski definition) is 0. The van der Waals surface area contributed by atoms with E-state index in [4.69, 9.17) is 0 Å². The van der Waals surface area contributed by atoms with Crippen LogP contribution in [0.1, 0.15) is 34.6 Å². The van der Waals surface area contributed by atoms with Crippen molar-refractivity contribution < 1.29 is 19.2 Å². The summed E-state index contributed by atoms with van der Waals surface area (Å²) in [6.45, 7) is 2.85. The first-order chi connectivity index (χ1) is 9.40. The van der Waals surface area contributed by atoms with Crippen LogP contribution in [0.15, 0.2) is 24.3 Å². The molecule has 1 aromatic rings. The van der Waals surface area contributed by atoms with Gasteiger partial charge in [0.1, 0.15) is 11.6 Å². The predicted octanol–water partition coefficient (Wildman–Crippen LogP) is 2.61. The molecule has 6 heteroatoms. The Balaban J connectivity index is 2.63. The van der Waals surface area contributed by atoms with Gasteiger partial charge in [-0.2, -0.15) is 0 Å². The van der Waals surface area contributed by atoms with E-state index in [2.05, 4.69) is 0 Å². The van der Waals surface area contributed by atoms with E-state index in [9.17, 15) is 19.2 Å². The van der Waals surface area contributed by atoms with Gasteiger partial charge in [-0.1, -0.05) is 23.5 Å². The number of benzene rings is 1. The van der Waals surface area contributed by atoms with E-state index in [1.165, 1.54) is 13.8 Å². The van der Waals surface area contributed by atoms with Crippen LogP contribution in [0.25, 0.3) is 0 Å². The first-order valence-electron chi connectivity index (χ1n) is 5.83. The van der Waals surface area contributed by atoms with E-state index < -0.39 is 0 Å². The Morgan fingerprint density at radius 3 is 1.30 bits per heavy atom. The molecular formula is C14H14O4S2. The Bertz CT molecular complexity index is 486. The summed E-state index contributed by atoms with van der Waals surface area (Å²) in [5, 5.41) is -0.397. The van der Waals surface area contributed by atoms with E-state index in [1.54, 1.807) is 24.3 Å². The zero-order chi connectivity index (χ0) is 15.1. The Labute approximate surface area is 125 Å². The maximum Gasteiger partial charge on any atom is 0.219 e. The van der Waals surface area contributed by atoms with Crippen molar-refractivity contribution in [3.05, 3.63) is 35.4 Å². The van der Waals surface area contributed by atoms with Gasteiger partial charge in [0, 0.05) is 11.1 Å². The van der Waals surface area contributed by atoms with Gasteiger partial charge in [-0.05, 0) is 38.1 Å². The molecule has 0 aliphatic rings. The van der Waals surface area contributed by atoms with Gasteiger partial charge < -0.3 is 0 Å². The lowest BCUT2D eigenvalue weighted by Crippen LogP contribution is -2.03. The Hall–Kier alpha value is -1.40. The molecule has 0 saturated carbocycles. The second-order valence-corrected chi connectivity index (χ2v) is 6.03. The van der Waals surface area contributed by atoms with E-state index in [0.717, 1.165) is 23.5 Å². The van der Waals surface area contributed by atoms with Gasteiger partial charge in [-0.15, -0.1) is 0 Å². The summed E-state index contributed by atoms with van der Waals surface area (Å²) >= 11 is 1.89. The number of hydrogen-bond acceptors (Lipinski definition) is 6. The summed E-state index contributed by atoms with van der Waals surface area (Å²) in [5.41, 5.74) is 0.897. The van der Waals surface area contributed by atoms with Gasteiger partial charge in [0.05, 0.1) is 11.5 Å². The fourth-order valence-corrected chi connectivity index (χ4v) is 2.52. The fraction of sp³-hybridized carbons (Fsp3) is 0.286. The number of rotatable bonds is 6. The minimum Gasteiger partial charge on any atom is -0.299 e. The van der Waals surface area contributed by atoms with Crippen molar-refractivity contribution in [2.75, 3.05) is 11.5 Å². The van der Waals surface area contributed by atoms with Crippen LogP contribution in [-0.4, -0.2) is 33.3 Å². The van der Waals surface area contributed by atoms with Gasteiger partial charge in [-0.3, -0.25) is 19.2 Å². The molecule has 1 rings (SSSR count). The second kappa shape index (κ2) is 8.01. The summed E-state index contributed by atoms with van der Waals surface area (Å²) in [6.07, 6.45) is 0. The Morgan fingerprint density at radius 1 is 0.750 bits per heavy atom. The molecule has 0 heterocycles. The lowest BCUT2D eigenvalue weighted by atomic mass is 10.2. The van der Waals surface area contributed by atoms with Crippen molar-refractivity contribution in [1.29, 1.82) is 0 Å². The fourth-order valence-electron chi connectivity index (χ4n) is 1.24. The standard InChI is InChI=1S/C14H14O4S2/c1-9(15)7-19-13(17)11-3-5-12(6-4-11)14(18)20-8-10(2)16/h3-6H,7-8H2,1-2H3. The van der Waals surface area contributed by atoms with Crippen molar-refractivity contribution in [2.45, 2.75) is 13.8 Å². The quantitative estimate of drug-likeness (QED) is 0.804. The summed E-state index contributed by atoms with van der Waals surface area (Å²) < 4.78 is 0. The van der Waals surface area contributed by atoms with Crippen LogP contribution in [-0.2, 0) is 9.59 Å². The molecule has 0 unspecified atom stereocenters. The molecule has 20 heavy (non-hydrogen) atoms. The molecule has 0 radical (unpaired) electrons. The van der Waals surface area contributed by atoms with E-state index in [1.807, 2.05) is 0 Å². The number of Topliss-reactive ketones (excluding diaryl/α,β-unsaturated/α-hetero) is 2.